The molecule has 22 heavy (non-hydrogen) atoms. The van der Waals surface area contributed by atoms with Crippen molar-refractivity contribution in [3.05, 3.63) is 65.0 Å². The van der Waals surface area contributed by atoms with Crippen LogP contribution in [0.15, 0.2) is 42.5 Å². The molecule has 0 radical (unpaired) electrons. The molecule has 0 spiro atoms. The predicted molar refractivity (Wildman–Crippen MR) is 87.3 cm³/mol. The topological polar surface area (TPSA) is 32.3 Å². The third kappa shape index (κ3) is 4.40. The van der Waals surface area contributed by atoms with Gasteiger partial charge >= 0.3 is 0 Å². The fraction of sp³-hybridized carbons (Fsp3) is 0.278. The quantitative estimate of drug-likeness (QED) is 0.916. The Morgan fingerprint density at radius 2 is 1.86 bits per heavy atom. The molecule has 2 aromatic carbocycles. The van der Waals surface area contributed by atoms with E-state index in [0.717, 1.165) is 11.3 Å². The van der Waals surface area contributed by atoms with E-state index >= 15 is 0 Å². The molecule has 1 N–H and O–H groups in total. The smallest absolute Gasteiger partial charge is 0.238 e. The Bertz CT molecular complexity index is 670. The summed E-state index contributed by atoms with van der Waals surface area (Å²) in [5.41, 5.74) is 3.70. The highest BCUT2D eigenvalue weighted by atomic mass is 19.1. The number of carbonyl (C=O) groups excluding carboxylic acids is 1. The molecule has 2 rings (SSSR count). The van der Waals surface area contributed by atoms with Crippen molar-refractivity contribution in [1.82, 2.24) is 4.90 Å². The second-order valence-corrected chi connectivity index (χ2v) is 5.61. The lowest BCUT2D eigenvalue weighted by Crippen LogP contribution is -2.30. The van der Waals surface area contributed by atoms with Crippen LogP contribution in [-0.2, 0) is 11.3 Å². The summed E-state index contributed by atoms with van der Waals surface area (Å²) in [5, 5.41) is 2.87. The second-order valence-electron chi connectivity index (χ2n) is 5.61. The largest absolute Gasteiger partial charge is 0.325 e. The number of benzene rings is 2. The minimum atomic E-state index is -0.246. The van der Waals surface area contributed by atoms with E-state index in [9.17, 15) is 9.18 Å². The SMILES string of the molecule is Cc1ccc(NC(=O)CN(C)Cc2ccccc2F)cc1C. The highest BCUT2D eigenvalue weighted by Crippen LogP contribution is 2.14. The van der Waals surface area contributed by atoms with Gasteiger partial charge in [0.05, 0.1) is 6.54 Å². The third-order valence-electron chi connectivity index (χ3n) is 3.60. The molecule has 0 saturated carbocycles. The van der Waals surface area contributed by atoms with Gasteiger partial charge in [0.15, 0.2) is 0 Å². The number of rotatable bonds is 5. The van der Waals surface area contributed by atoms with Crippen molar-refractivity contribution in [2.45, 2.75) is 20.4 Å². The van der Waals surface area contributed by atoms with Gasteiger partial charge in [0.2, 0.25) is 5.91 Å². The van der Waals surface area contributed by atoms with E-state index in [2.05, 4.69) is 5.32 Å². The zero-order valence-corrected chi connectivity index (χ0v) is 13.2. The lowest BCUT2D eigenvalue weighted by atomic mass is 10.1. The van der Waals surface area contributed by atoms with Crippen molar-refractivity contribution in [2.75, 3.05) is 18.9 Å². The molecule has 116 valence electrons. The van der Waals surface area contributed by atoms with E-state index in [-0.39, 0.29) is 18.3 Å². The summed E-state index contributed by atoms with van der Waals surface area (Å²) in [5.74, 6) is -0.356. The molecule has 0 fully saturated rings. The van der Waals surface area contributed by atoms with E-state index in [1.54, 1.807) is 30.1 Å². The molecule has 0 saturated heterocycles. The van der Waals surface area contributed by atoms with E-state index < -0.39 is 0 Å². The standard InChI is InChI=1S/C18H21FN2O/c1-13-8-9-16(10-14(13)2)20-18(22)12-21(3)11-15-6-4-5-7-17(15)19/h4-10H,11-12H2,1-3H3,(H,20,22). The molecule has 0 bridgehead atoms. The van der Waals surface area contributed by atoms with Gasteiger partial charge < -0.3 is 5.32 Å². The summed E-state index contributed by atoms with van der Waals surface area (Å²) in [6.07, 6.45) is 0. The summed E-state index contributed by atoms with van der Waals surface area (Å²) in [4.78, 5) is 13.8. The second kappa shape index (κ2) is 7.18. The fourth-order valence-electron chi connectivity index (χ4n) is 2.24. The van der Waals surface area contributed by atoms with Gasteiger partial charge in [0.25, 0.3) is 0 Å². The first-order valence-corrected chi connectivity index (χ1v) is 7.25. The summed E-state index contributed by atoms with van der Waals surface area (Å²) >= 11 is 0. The molecule has 3 nitrogen and oxygen atoms in total. The molecular formula is C18H21FN2O. The van der Waals surface area contributed by atoms with Crippen LogP contribution >= 0.6 is 0 Å². The maximum Gasteiger partial charge on any atom is 0.238 e. The van der Waals surface area contributed by atoms with Crippen LogP contribution < -0.4 is 5.32 Å². The van der Waals surface area contributed by atoms with E-state index in [1.165, 1.54) is 11.6 Å². The van der Waals surface area contributed by atoms with Crippen LogP contribution in [0.3, 0.4) is 0 Å². The fourth-order valence-corrected chi connectivity index (χ4v) is 2.24. The number of nitrogens with one attached hydrogen (secondary N) is 1. The number of likely N-dealkylation sites (N-methyl/N-ethyl adjacent to an activating group) is 1. The van der Waals surface area contributed by atoms with Gasteiger partial charge in [0.1, 0.15) is 5.82 Å². The normalized spacial score (nSPS) is 10.8. The minimum Gasteiger partial charge on any atom is -0.325 e. The molecule has 0 aromatic heterocycles. The van der Waals surface area contributed by atoms with Crippen molar-refractivity contribution in [2.24, 2.45) is 0 Å². The van der Waals surface area contributed by atoms with Crippen LogP contribution in [0.25, 0.3) is 0 Å². The van der Waals surface area contributed by atoms with Crippen LogP contribution in [0, 0.1) is 19.7 Å². The molecule has 0 aliphatic heterocycles. The molecule has 0 atom stereocenters. The van der Waals surface area contributed by atoms with Gasteiger partial charge in [-0.2, -0.15) is 0 Å². The van der Waals surface area contributed by atoms with Crippen molar-refractivity contribution >= 4 is 11.6 Å². The molecule has 0 aliphatic carbocycles. The van der Waals surface area contributed by atoms with Gasteiger partial charge in [-0.25, -0.2) is 4.39 Å². The van der Waals surface area contributed by atoms with Crippen LogP contribution in [0.1, 0.15) is 16.7 Å². The average Bonchev–Trinajstić information content (AvgIpc) is 2.45. The summed E-state index contributed by atoms with van der Waals surface area (Å²) in [6, 6.07) is 12.4. The van der Waals surface area contributed by atoms with Crippen molar-refractivity contribution < 1.29 is 9.18 Å². The van der Waals surface area contributed by atoms with Gasteiger partial charge in [-0.1, -0.05) is 24.3 Å². The van der Waals surface area contributed by atoms with Gasteiger partial charge in [-0.3, -0.25) is 9.69 Å². The zero-order chi connectivity index (χ0) is 16.1. The lowest BCUT2D eigenvalue weighted by Gasteiger charge is -2.17. The summed E-state index contributed by atoms with van der Waals surface area (Å²) in [6.45, 7) is 4.65. The number of aryl methyl sites for hydroxylation is 2. The van der Waals surface area contributed by atoms with Crippen LogP contribution in [0.2, 0.25) is 0 Å². The third-order valence-corrected chi connectivity index (χ3v) is 3.60. The lowest BCUT2D eigenvalue weighted by molar-refractivity contribution is -0.117. The zero-order valence-electron chi connectivity index (χ0n) is 13.2. The highest BCUT2D eigenvalue weighted by Gasteiger charge is 2.10. The number of hydrogen-bond acceptors (Lipinski definition) is 2. The van der Waals surface area contributed by atoms with E-state index in [4.69, 9.17) is 0 Å². The summed E-state index contributed by atoms with van der Waals surface area (Å²) in [7, 11) is 1.80. The monoisotopic (exact) mass is 300 g/mol. The van der Waals surface area contributed by atoms with E-state index in [1.807, 2.05) is 32.0 Å². The first-order chi connectivity index (χ1) is 10.5. The van der Waals surface area contributed by atoms with Crippen molar-refractivity contribution in [3.63, 3.8) is 0 Å². The minimum absolute atomic E-state index is 0.109. The van der Waals surface area contributed by atoms with Gasteiger partial charge in [-0.15, -0.1) is 0 Å². The molecule has 2 aromatic rings. The maximum atomic E-state index is 13.6. The molecule has 4 heteroatoms. The number of carbonyl (C=O) groups is 1. The van der Waals surface area contributed by atoms with Crippen LogP contribution in [0.5, 0.6) is 0 Å². The Morgan fingerprint density at radius 3 is 2.55 bits per heavy atom. The van der Waals surface area contributed by atoms with Gasteiger partial charge in [-0.05, 0) is 50.2 Å². The van der Waals surface area contributed by atoms with Gasteiger partial charge in [0, 0.05) is 17.8 Å². The number of hydrogen-bond donors (Lipinski definition) is 1. The number of anilines is 1. The molecule has 0 heterocycles. The van der Waals surface area contributed by atoms with Crippen molar-refractivity contribution in [1.29, 1.82) is 0 Å². The Balaban J connectivity index is 1.91. The van der Waals surface area contributed by atoms with Crippen LogP contribution in [-0.4, -0.2) is 24.4 Å². The molecule has 0 aliphatic rings. The first kappa shape index (κ1) is 16.2. The Labute approximate surface area is 130 Å². The Morgan fingerprint density at radius 1 is 1.14 bits per heavy atom. The molecule has 0 unspecified atom stereocenters. The maximum absolute atomic E-state index is 13.6. The highest BCUT2D eigenvalue weighted by molar-refractivity contribution is 5.92. The number of nitrogens with zero attached hydrogens (tertiary/aromatic N) is 1. The first-order valence-electron chi connectivity index (χ1n) is 7.25. The average molecular weight is 300 g/mol. The number of halogens is 1. The number of amides is 1. The Hall–Kier alpha value is -2.20. The Kier molecular flexibility index (Phi) is 5.28. The predicted octanol–water partition coefficient (Wildman–Crippen LogP) is 3.51. The molecule has 1 amide bonds. The molecular weight excluding hydrogens is 279 g/mol. The van der Waals surface area contributed by atoms with Crippen molar-refractivity contribution in [3.8, 4) is 0 Å². The summed E-state index contributed by atoms with van der Waals surface area (Å²) < 4.78 is 13.6. The van der Waals surface area contributed by atoms with Crippen LogP contribution in [0.4, 0.5) is 10.1 Å². The van der Waals surface area contributed by atoms with E-state index in [0.29, 0.717) is 12.1 Å².